The SMILES string of the molecule is Cc1cc(COc2ccc(C(=O)N[C@@H]3CCN(S(=O)(=O)c4ccccc4)C[C@@H]3CC(=O)NO)cc2)c2ccccc2n1. The van der Waals surface area contributed by atoms with Crippen LogP contribution in [0.4, 0.5) is 0 Å². The summed E-state index contributed by atoms with van der Waals surface area (Å²) in [7, 11) is -3.78. The number of rotatable bonds is 9. The molecule has 2 amide bonds. The van der Waals surface area contributed by atoms with Crippen LogP contribution in [-0.4, -0.2) is 53.9 Å². The number of fused-ring (bicyclic) bond motifs is 1. The molecule has 4 aromatic rings. The smallest absolute Gasteiger partial charge is 0.251 e. The van der Waals surface area contributed by atoms with Gasteiger partial charge in [0.05, 0.1) is 10.4 Å². The van der Waals surface area contributed by atoms with Crippen molar-refractivity contribution in [1.82, 2.24) is 20.1 Å². The summed E-state index contributed by atoms with van der Waals surface area (Å²) in [6.07, 6.45) is 0.153. The minimum atomic E-state index is -3.78. The van der Waals surface area contributed by atoms with Crippen LogP contribution in [0.25, 0.3) is 10.9 Å². The summed E-state index contributed by atoms with van der Waals surface area (Å²) in [5, 5.41) is 13.1. The third-order valence-electron chi connectivity index (χ3n) is 7.41. The first kappa shape index (κ1) is 29.2. The van der Waals surface area contributed by atoms with Gasteiger partial charge in [-0.15, -0.1) is 0 Å². The van der Waals surface area contributed by atoms with Crippen molar-refractivity contribution in [2.45, 2.75) is 37.3 Å². The Morgan fingerprint density at radius 3 is 2.48 bits per heavy atom. The van der Waals surface area contributed by atoms with Crippen LogP contribution < -0.4 is 15.5 Å². The van der Waals surface area contributed by atoms with Crippen LogP contribution in [0.1, 0.15) is 34.5 Å². The van der Waals surface area contributed by atoms with Gasteiger partial charge in [-0.1, -0.05) is 36.4 Å². The van der Waals surface area contributed by atoms with Crippen LogP contribution in [0.2, 0.25) is 0 Å². The van der Waals surface area contributed by atoms with E-state index in [1.807, 2.05) is 37.3 Å². The fourth-order valence-corrected chi connectivity index (χ4v) is 6.80. The van der Waals surface area contributed by atoms with E-state index in [0.29, 0.717) is 24.3 Å². The Kier molecular flexibility index (Phi) is 8.81. The van der Waals surface area contributed by atoms with Gasteiger partial charge in [-0.25, -0.2) is 13.9 Å². The molecule has 1 aromatic heterocycles. The number of pyridine rings is 1. The maximum atomic E-state index is 13.2. The van der Waals surface area contributed by atoms with Gasteiger partial charge in [0.25, 0.3) is 5.91 Å². The lowest BCUT2D eigenvalue weighted by Gasteiger charge is -2.38. The van der Waals surface area contributed by atoms with Crippen molar-refractivity contribution in [2.24, 2.45) is 5.92 Å². The molecule has 0 bridgehead atoms. The third kappa shape index (κ3) is 6.59. The van der Waals surface area contributed by atoms with Gasteiger partial charge in [0.15, 0.2) is 0 Å². The number of nitrogens with one attached hydrogen (secondary N) is 2. The highest BCUT2D eigenvalue weighted by atomic mass is 32.2. The number of carbonyl (C=O) groups excluding carboxylic acids is 2. The van der Waals surface area contributed by atoms with Crippen LogP contribution in [0.3, 0.4) is 0 Å². The van der Waals surface area contributed by atoms with Gasteiger partial charge in [-0.2, -0.15) is 4.31 Å². The van der Waals surface area contributed by atoms with E-state index >= 15 is 0 Å². The molecule has 5 rings (SSSR count). The summed E-state index contributed by atoms with van der Waals surface area (Å²) in [6, 6.07) is 24.2. The number of carbonyl (C=O) groups is 2. The van der Waals surface area contributed by atoms with E-state index in [0.717, 1.165) is 22.2 Å². The quantitative estimate of drug-likeness (QED) is 0.200. The van der Waals surface area contributed by atoms with E-state index in [2.05, 4.69) is 10.3 Å². The van der Waals surface area contributed by atoms with Crippen molar-refractivity contribution >= 4 is 32.7 Å². The first-order chi connectivity index (χ1) is 20.2. The molecular weight excluding hydrogens is 556 g/mol. The van der Waals surface area contributed by atoms with Crippen molar-refractivity contribution in [1.29, 1.82) is 0 Å². The molecule has 0 saturated carbocycles. The molecule has 3 aromatic carbocycles. The Morgan fingerprint density at radius 2 is 1.74 bits per heavy atom. The van der Waals surface area contributed by atoms with Crippen LogP contribution in [-0.2, 0) is 21.4 Å². The van der Waals surface area contributed by atoms with E-state index in [9.17, 15) is 18.0 Å². The molecule has 218 valence electrons. The average Bonchev–Trinajstić information content (AvgIpc) is 3.01. The number of piperidine rings is 1. The van der Waals surface area contributed by atoms with Crippen molar-refractivity contribution in [3.63, 3.8) is 0 Å². The summed E-state index contributed by atoms with van der Waals surface area (Å²) >= 11 is 0. The molecule has 11 heteroatoms. The molecule has 1 aliphatic heterocycles. The molecule has 2 atom stereocenters. The number of nitrogens with zero attached hydrogens (tertiary/aromatic N) is 2. The molecule has 2 heterocycles. The molecule has 10 nitrogen and oxygen atoms in total. The summed E-state index contributed by atoms with van der Waals surface area (Å²) in [6.45, 7) is 2.48. The second-order valence-corrected chi connectivity index (χ2v) is 12.2. The van der Waals surface area contributed by atoms with Gasteiger partial charge in [-0.3, -0.25) is 19.8 Å². The Morgan fingerprint density at radius 1 is 1.02 bits per heavy atom. The standard InChI is InChI=1S/C31H32N4O6S/c1-21-17-24(27-9-5-6-10-29(27)32-21)20-41-25-13-11-22(12-14-25)31(37)33-28-15-16-35(19-23(28)18-30(36)34-38)42(39,40)26-7-3-2-4-8-26/h2-14,17,23,28,38H,15-16,18-20H2,1H3,(H,33,37)(H,34,36)/t23-,28+/m0/s1. The minimum Gasteiger partial charge on any atom is -0.489 e. The largest absolute Gasteiger partial charge is 0.489 e. The fourth-order valence-electron chi connectivity index (χ4n) is 5.27. The number of hydrogen-bond acceptors (Lipinski definition) is 7. The molecule has 42 heavy (non-hydrogen) atoms. The lowest BCUT2D eigenvalue weighted by Crippen LogP contribution is -2.53. The van der Waals surface area contributed by atoms with Gasteiger partial charge >= 0.3 is 0 Å². The highest BCUT2D eigenvalue weighted by Crippen LogP contribution is 2.27. The maximum absolute atomic E-state index is 13.2. The lowest BCUT2D eigenvalue weighted by atomic mass is 9.90. The number of ether oxygens (including phenoxy) is 1. The zero-order valence-corrected chi connectivity index (χ0v) is 23.9. The number of aryl methyl sites for hydroxylation is 1. The molecule has 1 aliphatic rings. The summed E-state index contributed by atoms with van der Waals surface area (Å²) in [5.74, 6) is -0.954. The fraction of sp³-hybridized carbons (Fsp3) is 0.258. The van der Waals surface area contributed by atoms with Gasteiger partial charge in [0.2, 0.25) is 15.9 Å². The molecule has 1 saturated heterocycles. The van der Waals surface area contributed by atoms with E-state index in [-0.39, 0.29) is 30.3 Å². The topological polar surface area (TPSA) is 138 Å². The molecule has 0 spiro atoms. The lowest BCUT2D eigenvalue weighted by molar-refractivity contribution is -0.130. The first-order valence-corrected chi connectivity index (χ1v) is 15.1. The Bertz CT molecular complexity index is 1680. The Labute approximate surface area is 244 Å². The Hall–Kier alpha value is -4.32. The summed E-state index contributed by atoms with van der Waals surface area (Å²) in [5.41, 5.74) is 4.83. The Balaban J connectivity index is 1.24. The van der Waals surface area contributed by atoms with Gasteiger partial charge in [0, 0.05) is 53.7 Å². The van der Waals surface area contributed by atoms with E-state index in [1.54, 1.807) is 47.9 Å². The average molecular weight is 589 g/mol. The second kappa shape index (κ2) is 12.7. The number of aromatic nitrogens is 1. The number of hydrogen-bond donors (Lipinski definition) is 3. The monoisotopic (exact) mass is 588 g/mol. The minimum absolute atomic E-state index is 0.0194. The maximum Gasteiger partial charge on any atom is 0.251 e. The number of para-hydroxylation sites is 1. The van der Waals surface area contributed by atoms with Gasteiger partial charge in [0.1, 0.15) is 12.4 Å². The number of benzene rings is 3. The molecule has 3 N–H and O–H groups in total. The van der Waals surface area contributed by atoms with Gasteiger partial charge in [-0.05, 0) is 61.9 Å². The van der Waals surface area contributed by atoms with Crippen molar-refractivity contribution in [3.8, 4) is 5.75 Å². The van der Waals surface area contributed by atoms with Crippen molar-refractivity contribution in [3.05, 3.63) is 102 Å². The second-order valence-electron chi connectivity index (χ2n) is 10.3. The highest BCUT2D eigenvalue weighted by Gasteiger charge is 2.37. The molecule has 1 fully saturated rings. The number of hydroxylamine groups is 1. The zero-order chi connectivity index (χ0) is 29.7. The van der Waals surface area contributed by atoms with Gasteiger partial charge < -0.3 is 10.1 Å². The zero-order valence-electron chi connectivity index (χ0n) is 23.1. The normalized spacial score (nSPS) is 17.5. The van der Waals surface area contributed by atoms with Crippen LogP contribution in [0.15, 0.2) is 89.8 Å². The number of amides is 2. The van der Waals surface area contributed by atoms with E-state index in [1.165, 1.54) is 16.4 Å². The van der Waals surface area contributed by atoms with Crippen molar-refractivity contribution < 1.29 is 28.0 Å². The first-order valence-electron chi connectivity index (χ1n) is 13.6. The molecular formula is C31H32N4O6S. The van der Waals surface area contributed by atoms with E-state index in [4.69, 9.17) is 9.94 Å². The van der Waals surface area contributed by atoms with Crippen LogP contribution >= 0.6 is 0 Å². The summed E-state index contributed by atoms with van der Waals surface area (Å²) in [4.78, 5) is 29.9. The highest BCUT2D eigenvalue weighted by molar-refractivity contribution is 7.89. The predicted octanol–water partition coefficient (Wildman–Crippen LogP) is 3.83. The number of sulfonamides is 1. The third-order valence-corrected chi connectivity index (χ3v) is 9.29. The summed E-state index contributed by atoms with van der Waals surface area (Å²) < 4.78 is 33.7. The molecule has 0 radical (unpaired) electrons. The molecule has 0 aliphatic carbocycles. The predicted molar refractivity (Wildman–Crippen MR) is 156 cm³/mol. The van der Waals surface area contributed by atoms with Crippen LogP contribution in [0, 0.1) is 12.8 Å². The van der Waals surface area contributed by atoms with Crippen LogP contribution in [0.5, 0.6) is 5.75 Å². The molecule has 0 unspecified atom stereocenters. The van der Waals surface area contributed by atoms with E-state index < -0.39 is 27.9 Å². The van der Waals surface area contributed by atoms with Crippen molar-refractivity contribution in [2.75, 3.05) is 13.1 Å².